The van der Waals surface area contributed by atoms with Crippen LogP contribution >= 0.6 is 0 Å². The summed E-state index contributed by atoms with van der Waals surface area (Å²) in [6.07, 6.45) is 0. The molecule has 0 bridgehead atoms. The van der Waals surface area contributed by atoms with Crippen LogP contribution in [-0.4, -0.2) is 24.9 Å². The normalized spacial score (nSPS) is 11.1. The molecule has 5 heteroatoms. The average Bonchev–Trinajstić information content (AvgIpc) is 3.24. The number of rotatable bonds is 7. The summed E-state index contributed by atoms with van der Waals surface area (Å²) >= 11 is 0. The molecule has 7 aromatic carbocycles. The Labute approximate surface area is 302 Å². The van der Waals surface area contributed by atoms with Gasteiger partial charge >= 0.3 is 0 Å². The summed E-state index contributed by atoms with van der Waals surface area (Å²) in [5.41, 5.74) is 9.68. The third-order valence-corrected chi connectivity index (χ3v) is 9.14. The second-order valence-electron chi connectivity index (χ2n) is 12.6. The Balaban J connectivity index is 1.14. The molecular formula is C47H31N5. The molecule has 9 rings (SSSR count). The molecule has 0 aliphatic carbocycles. The monoisotopic (exact) mass is 665 g/mol. The van der Waals surface area contributed by atoms with E-state index in [0.29, 0.717) is 23.3 Å². The Kier molecular flexibility index (Phi) is 8.12. The molecule has 0 unspecified atom stereocenters. The zero-order valence-electron chi connectivity index (χ0n) is 28.1. The van der Waals surface area contributed by atoms with E-state index in [4.69, 9.17) is 24.9 Å². The molecule has 5 nitrogen and oxygen atoms in total. The van der Waals surface area contributed by atoms with Gasteiger partial charge in [0.1, 0.15) is 0 Å². The van der Waals surface area contributed by atoms with Crippen molar-refractivity contribution < 1.29 is 0 Å². The fraction of sp³-hybridized carbons (Fsp3) is 0. The van der Waals surface area contributed by atoms with Crippen molar-refractivity contribution in [3.63, 3.8) is 0 Å². The van der Waals surface area contributed by atoms with Gasteiger partial charge in [-0.05, 0) is 40.1 Å². The molecule has 2 aromatic heterocycles. The Hall–Kier alpha value is -7.11. The van der Waals surface area contributed by atoms with Crippen molar-refractivity contribution in [1.82, 2.24) is 24.9 Å². The van der Waals surface area contributed by atoms with Gasteiger partial charge in [-0.25, -0.2) is 24.9 Å². The lowest BCUT2D eigenvalue weighted by Crippen LogP contribution is -2.00. The van der Waals surface area contributed by atoms with E-state index < -0.39 is 0 Å². The van der Waals surface area contributed by atoms with Gasteiger partial charge in [0, 0.05) is 33.4 Å². The van der Waals surface area contributed by atoms with Gasteiger partial charge in [-0.15, -0.1) is 0 Å². The summed E-state index contributed by atoms with van der Waals surface area (Å²) in [5, 5.41) is 2.33. The molecule has 0 aliphatic heterocycles. The lowest BCUT2D eigenvalue weighted by molar-refractivity contribution is 1.07. The molecule has 9 aromatic rings. The second-order valence-corrected chi connectivity index (χ2v) is 12.6. The number of benzene rings is 7. The van der Waals surface area contributed by atoms with E-state index in [2.05, 4.69) is 109 Å². The van der Waals surface area contributed by atoms with Crippen molar-refractivity contribution in [2.75, 3.05) is 0 Å². The third kappa shape index (κ3) is 6.23. The first-order chi connectivity index (χ1) is 25.7. The molecule has 0 radical (unpaired) electrons. The van der Waals surface area contributed by atoms with Crippen molar-refractivity contribution in [3.8, 4) is 79.2 Å². The highest BCUT2D eigenvalue weighted by Crippen LogP contribution is 2.34. The van der Waals surface area contributed by atoms with Crippen molar-refractivity contribution in [3.05, 3.63) is 188 Å². The molecule has 0 aliphatic rings. The van der Waals surface area contributed by atoms with E-state index in [1.807, 2.05) is 78.9 Å². The number of aromatic nitrogens is 5. The van der Waals surface area contributed by atoms with Gasteiger partial charge in [0.05, 0.1) is 11.4 Å². The Bertz CT molecular complexity index is 2610. The summed E-state index contributed by atoms with van der Waals surface area (Å²) in [5.74, 6) is 2.58. The van der Waals surface area contributed by atoms with Crippen LogP contribution in [0, 0.1) is 0 Å². The molecule has 52 heavy (non-hydrogen) atoms. The van der Waals surface area contributed by atoms with E-state index in [9.17, 15) is 0 Å². The van der Waals surface area contributed by atoms with Crippen LogP contribution in [0.15, 0.2) is 188 Å². The lowest BCUT2D eigenvalue weighted by Gasteiger charge is -2.12. The number of hydrogen-bond acceptors (Lipinski definition) is 5. The first kappa shape index (κ1) is 30.9. The van der Waals surface area contributed by atoms with Gasteiger partial charge in [-0.1, -0.05) is 170 Å². The number of fused-ring (bicyclic) bond motifs is 1. The summed E-state index contributed by atoms with van der Waals surface area (Å²) in [6.45, 7) is 0. The minimum atomic E-state index is 0.619. The van der Waals surface area contributed by atoms with Crippen LogP contribution in [0.5, 0.6) is 0 Å². The van der Waals surface area contributed by atoms with Crippen LogP contribution in [0.1, 0.15) is 0 Å². The van der Waals surface area contributed by atoms with Crippen molar-refractivity contribution in [2.24, 2.45) is 0 Å². The molecule has 0 atom stereocenters. The maximum absolute atomic E-state index is 5.12. The molecule has 244 valence electrons. The topological polar surface area (TPSA) is 64.5 Å². The second kappa shape index (κ2) is 13.7. The van der Waals surface area contributed by atoms with Crippen LogP contribution in [0.25, 0.3) is 90.0 Å². The molecule has 0 N–H and O–H groups in total. The zero-order valence-corrected chi connectivity index (χ0v) is 28.1. The van der Waals surface area contributed by atoms with E-state index in [1.54, 1.807) is 0 Å². The first-order valence-electron chi connectivity index (χ1n) is 17.3. The van der Waals surface area contributed by atoms with Gasteiger partial charge < -0.3 is 0 Å². The Morgan fingerprint density at radius 3 is 1.27 bits per heavy atom. The van der Waals surface area contributed by atoms with Crippen LogP contribution < -0.4 is 0 Å². The van der Waals surface area contributed by atoms with E-state index in [0.717, 1.165) is 61.3 Å². The largest absolute Gasteiger partial charge is 0.228 e. The minimum absolute atomic E-state index is 0.619. The maximum atomic E-state index is 5.12. The fourth-order valence-corrected chi connectivity index (χ4v) is 6.53. The molecule has 0 spiro atoms. The quantitative estimate of drug-likeness (QED) is 0.169. The minimum Gasteiger partial charge on any atom is -0.228 e. The number of nitrogens with zero attached hydrogens (tertiary/aromatic N) is 5. The highest BCUT2D eigenvalue weighted by molar-refractivity contribution is 5.96. The SMILES string of the molecule is c1ccc(-c2nc(-c3cccc(-c4cccc(-c5nc(-c6ccccc6)nc(-c6ccccc6)n5)c4)c3)cc(-c3cccc4ccccc34)n2)cc1. The maximum Gasteiger partial charge on any atom is 0.164 e. The van der Waals surface area contributed by atoms with Gasteiger partial charge in [0.2, 0.25) is 0 Å². The smallest absolute Gasteiger partial charge is 0.164 e. The van der Waals surface area contributed by atoms with Crippen molar-refractivity contribution in [2.45, 2.75) is 0 Å². The highest BCUT2D eigenvalue weighted by Gasteiger charge is 2.15. The van der Waals surface area contributed by atoms with Crippen molar-refractivity contribution in [1.29, 1.82) is 0 Å². The van der Waals surface area contributed by atoms with Gasteiger partial charge in [0.15, 0.2) is 23.3 Å². The Morgan fingerprint density at radius 1 is 0.250 bits per heavy atom. The summed E-state index contributed by atoms with van der Waals surface area (Å²) in [4.78, 5) is 25.0. The molecule has 0 fully saturated rings. The van der Waals surface area contributed by atoms with Crippen LogP contribution in [0.4, 0.5) is 0 Å². The van der Waals surface area contributed by atoms with E-state index in [1.165, 1.54) is 5.39 Å². The van der Waals surface area contributed by atoms with Gasteiger partial charge in [0.25, 0.3) is 0 Å². The van der Waals surface area contributed by atoms with Crippen LogP contribution in [0.2, 0.25) is 0 Å². The van der Waals surface area contributed by atoms with Gasteiger partial charge in [-0.3, -0.25) is 0 Å². The summed E-state index contributed by atoms with van der Waals surface area (Å²) in [7, 11) is 0. The zero-order chi connectivity index (χ0) is 34.7. The van der Waals surface area contributed by atoms with E-state index >= 15 is 0 Å². The predicted octanol–water partition coefficient (Wildman–Crippen LogP) is 11.5. The fourth-order valence-electron chi connectivity index (χ4n) is 6.53. The summed E-state index contributed by atoms with van der Waals surface area (Å²) < 4.78 is 0. The van der Waals surface area contributed by atoms with E-state index in [-0.39, 0.29) is 0 Å². The highest BCUT2D eigenvalue weighted by atomic mass is 15.0. The van der Waals surface area contributed by atoms with Crippen LogP contribution in [0.3, 0.4) is 0 Å². The van der Waals surface area contributed by atoms with Gasteiger partial charge in [-0.2, -0.15) is 0 Å². The standard InChI is InChI=1S/C47H31N5/c1-4-16-33(17-5-1)44-48-42(31-43(49-44)41-28-14-22-32-15-10-11-27-40(32)41)38-25-12-23-36(29-38)37-24-13-26-39(30-37)47-51-45(34-18-6-2-7-19-34)50-46(52-47)35-20-8-3-9-21-35/h1-31H. The molecule has 0 saturated carbocycles. The Morgan fingerprint density at radius 2 is 0.654 bits per heavy atom. The lowest BCUT2D eigenvalue weighted by atomic mass is 9.98. The summed E-state index contributed by atoms with van der Waals surface area (Å²) in [6, 6.07) is 64.1. The van der Waals surface area contributed by atoms with Crippen LogP contribution in [-0.2, 0) is 0 Å². The first-order valence-corrected chi connectivity index (χ1v) is 17.3. The molecule has 0 saturated heterocycles. The third-order valence-electron chi connectivity index (χ3n) is 9.14. The van der Waals surface area contributed by atoms with Crippen molar-refractivity contribution >= 4 is 10.8 Å². The average molecular weight is 666 g/mol. The molecular weight excluding hydrogens is 635 g/mol. The molecule has 0 amide bonds. The molecule has 2 heterocycles. The predicted molar refractivity (Wildman–Crippen MR) is 211 cm³/mol. The number of hydrogen-bond donors (Lipinski definition) is 0.